The van der Waals surface area contributed by atoms with Gasteiger partial charge in [-0.05, 0) is 54.7 Å². The van der Waals surface area contributed by atoms with Gasteiger partial charge >= 0.3 is 0 Å². The molecule has 0 N–H and O–H groups in total. The molecule has 1 saturated heterocycles. The zero-order chi connectivity index (χ0) is 32.6. The second-order valence-corrected chi connectivity index (χ2v) is 14.6. The summed E-state index contributed by atoms with van der Waals surface area (Å²) in [5.74, 6) is 3.44. The highest BCUT2D eigenvalue weighted by Crippen LogP contribution is 2.38. The summed E-state index contributed by atoms with van der Waals surface area (Å²) in [5, 5.41) is 0.273. The maximum absolute atomic E-state index is 14.4. The summed E-state index contributed by atoms with van der Waals surface area (Å²) < 4.78 is 20.8. The number of amides is 1. The monoisotopic (exact) mass is 730 g/mol. The molecule has 1 aliphatic heterocycles. The lowest BCUT2D eigenvalue weighted by Gasteiger charge is -2.27. The first-order chi connectivity index (χ1) is 22.3. The molecule has 3 heterocycles. The normalized spacial score (nSPS) is 17.2. The van der Waals surface area contributed by atoms with E-state index in [4.69, 9.17) is 30.8 Å². The van der Waals surface area contributed by atoms with Gasteiger partial charge in [0, 0.05) is 61.9 Å². The third kappa shape index (κ3) is 8.50. The van der Waals surface area contributed by atoms with Gasteiger partial charge < -0.3 is 23.5 Å². The van der Waals surface area contributed by atoms with Gasteiger partial charge in [0.25, 0.3) is 5.91 Å². The molecule has 248 valence electrons. The van der Waals surface area contributed by atoms with Gasteiger partial charge in [-0.1, -0.05) is 53.5 Å². The highest BCUT2D eigenvalue weighted by atomic mass is 79.9. The molecule has 0 radical (unpaired) electrons. The average molecular weight is 732 g/mol. The maximum Gasteiger partial charge on any atom is 0.255 e. The fourth-order valence-corrected chi connectivity index (χ4v) is 7.58. The highest BCUT2D eigenvalue weighted by Gasteiger charge is 2.27. The standard InChI is InChI=1S/C35H44BrClN4O4S/c1-24(2)12-14-40(35(42)27-9-11-31(44-4)34(33(27)37)45-18-15-39-16-19-46-20-17-39)23-28-29(41-13-6-5-7-32(41)38-28)22-25-21-26(36)8-10-30(25)43-3/h5-9,11,13,21,24,30H,10,12,14-20,22-23H2,1-4H3. The number of methoxy groups -OCH3 is 2. The van der Waals surface area contributed by atoms with Crippen molar-refractivity contribution in [2.75, 3.05) is 58.5 Å². The summed E-state index contributed by atoms with van der Waals surface area (Å²) in [6, 6.07) is 9.50. The number of imidazole rings is 1. The quantitative estimate of drug-likeness (QED) is 0.173. The molecule has 11 heteroatoms. The second kappa shape index (κ2) is 16.6. The van der Waals surface area contributed by atoms with Crippen LogP contribution in [0.15, 0.2) is 58.7 Å². The number of carbonyl (C=O) groups is 1. The van der Waals surface area contributed by atoms with Gasteiger partial charge in [-0.3, -0.25) is 9.69 Å². The molecule has 1 fully saturated rings. The van der Waals surface area contributed by atoms with E-state index in [9.17, 15) is 4.79 Å². The Hall–Kier alpha value is -2.50. The molecular weight excluding hydrogens is 688 g/mol. The third-order valence-electron chi connectivity index (χ3n) is 8.50. The van der Waals surface area contributed by atoms with Crippen LogP contribution in [0.1, 0.15) is 48.4 Å². The first-order valence-corrected chi connectivity index (χ1v) is 18.2. The third-order valence-corrected chi connectivity index (χ3v) is 10.4. The molecule has 46 heavy (non-hydrogen) atoms. The van der Waals surface area contributed by atoms with Gasteiger partial charge in [0.2, 0.25) is 0 Å². The zero-order valence-corrected chi connectivity index (χ0v) is 30.3. The Kier molecular flexibility index (Phi) is 12.5. The summed E-state index contributed by atoms with van der Waals surface area (Å²) in [6.45, 7) is 8.58. The Bertz CT molecular complexity index is 1570. The minimum atomic E-state index is -0.161. The van der Waals surface area contributed by atoms with Crippen LogP contribution < -0.4 is 9.47 Å². The van der Waals surface area contributed by atoms with E-state index < -0.39 is 0 Å². The lowest BCUT2D eigenvalue weighted by molar-refractivity contribution is 0.0732. The molecule has 3 aromatic rings. The first kappa shape index (κ1) is 34.8. The molecule has 8 nitrogen and oxygen atoms in total. The Balaban J connectivity index is 1.44. The number of aromatic nitrogens is 2. The number of pyridine rings is 1. The van der Waals surface area contributed by atoms with Crippen LogP contribution in [0.3, 0.4) is 0 Å². The van der Waals surface area contributed by atoms with Crippen LogP contribution in [0.4, 0.5) is 0 Å². The number of hydrogen-bond acceptors (Lipinski definition) is 7. The van der Waals surface area contributed by atoms with Crippen molar-refractivity contribution < 1.29 is 19.0 Å². The predicted molar refractivity (Wildman–Crippen MR) is 191 cm³/mol. The summed E-state index contributed by atoms with van der Waals surface area (Å²) >= 11 is 12.6. The topological polar surface area (TPSA) is 68.5 Å². The van der Waals surface area contributed by atoms with Crippen LogP contribution >= 0.6 is 39.3 Å². The molecule has 0 spiro atoms. The Morgan fingerprint density at radius 1 is 1.20 bits per heavy atom. The predicted octanol–water partition coefficient (Wildman–Crippen LogP) is 7.28. The SMILES string of the molecule is COc1ccc(C(=O)N(CCC(C)C)Cc2nc3ccccn3c2CC2=CC(Br)=CCC2OC)c(Cl)c1OCCN1CCSCC1. The zero-order valence-electron chi connectivity index (χ0n) is 27.1. The number of rotatable bonds is 14. The van der Waals surface area contributed by atoms with Crippen LogP contribution in [0.5, 0.6) is 11.5 Å². The lowest BCUT2D eigenvalue weighted by Crippen LogP contribution is -2.35. The van der Waals surface area contributed by atoms with Crippen LogP contribution in [0.25, 0.3) is 5.65 Å². The fourth-order valence-electron chi connectivity index (χ4n) is 5.83. The number of fused-ring (bicyclic) bond motifs is 1. The minimum Gasteiger partial charge on any atom is -0.493 e. The molecule has 0 bridgehead atoms. The van der Waals surface area contributed by atoms with Crippen LogP contribution in [-0.4, -0.2) is 89.7 Å². The molecule has 1 aliphatic carbocycles. The van der Waals surface area contributed by atoms with Crippen molar-refractivity contribution in [2.24, 2.45) is 5.92 Å². The van der Waals surface area contributed by atoms with E-state index in [1.807, 2.05) is 41.1 Å². The molecule has 1 aromatic carbocycles. The van der Waals surface area contributed by atoms with E-state index in [1.54, 1.807) is 26.4 Å². The lowest BCUT2D eigenvalue weighted by atomic mass is 9.96. The average Bonchev–Trinajstić information content (AvgIpc) is 3.40. The van der Waals surface area contributed by atoms with E-state index in [0.717, 1.165) is 71.1 Å². The molecule has 1 atom stereocenters. The number of thioether (sulfide) groups is 1. The van der Waals surface area contributed by atoms with Gasteiger partial charge in [0.1, 0.15) is 12.3 Å². The summed E-state index contributed by atoms with van der Waals surface area (Å²) in [7, 11) is 3.34. The van der Waals surface area contributed by atoms with Gasteiger partial charge in [0.15, 0.2) is 11.5 Å². The van der Waals surface area contributed by atoms with Crippen LogP contribution in [-0.2, 0) is 17.7 Å². The number of benzene rings is 1. The van der Waals surface area contributed by atoms with Crippen molar-refractivity contribution in [3.05, 3.63) is 80.7 Å². The fraction of sp³-hybridized carbons (Fsp3) is 0.486. The van der Waals surface area contributed by atoms with Crippen molar-refractivity contribution in [3.63, 3.8) is 0 Å². The summed E-state index contributed by atoms with van der Waals surface area (Å²) in [6.07, 6.45) is 8.55. The second-order valence-electron chi connectivity index (χ2n) is 12.0. The number of hydrogen-bond donors (Lipinski definition) is 0. The van der Waals surface area contributed by atoms with Gasteiger partial charge in [-0.2, -0.15) is 11.8 Å². The van der Waals surface area contributed by atoms with E-state index >= 15 is 0 Å². The smallest absolute Gasteiger partial charge is 0.255 e. The number of carbonyl (C=O) groups excluding carboxylic acids is 1. The van der Waals surface area contributed by atoms with Crippen molar-refractivity contribution in [3.8, 4) is 11.5 Å². The molecule has 5 rings (SSSR count). The van der Waals surface area contributed by atoms with Gasteiger partial charge in [0.05, 0.1) is 41.7 Å². The number of halogens is 2. The van der Waals surface area contributed by atoms with Crippen LogP contribution in [0.2, 0.25) is 5.02 Å². The number of ether oxygens (including phenoxy) is 3. The molecule has 1 unspecified atom stereocenters. The summed E-state index contributed by atoms with van der Waals surface area (Å²) in [4.78, 5) is 23.7. The van der Waals surface area contributed by atoms with Gasteiger partial charge in [-0.25, -0.2) is 4.98 Å². The number of allylic oxidation sites excluding steroid dienone is 2. The minimum absolute atomic E-state index is 0.0209. The molecule has 0 saturated carbocycles. The van der Waals surface area contributed by atoms with Crippen molar-refractivity contribution in [1.82, 2.24) is 19.2 Å². The Morgan fingerprint density at radius 3 is 2.74 bits per heavy atom. The summed E-state index contributed by atoms with van der Waals surface area (Å²) in [5.41, 5.74) is 4.28. The van der Waals surface area contributed by atoms with Crippen LogP contribution in [0, 0.1) is 5.92 Å². The Morgan fingerprint density at radius 2 is 2.00 bits per heavy atom. The highest BCUT2D eigenvalue weighted by molar-refractivity contribution is 9.11. The van der Waals surface area contributed by atoms with E-state index in [1.165, 1.54) is 0 Å². The molecule has 2 aromatic heterocycles. The largest absolute Gasteiger partial charge is 0.493 e. The number of nitrogens with zero attached hydrogens (tertiary/aromatic N) is 4. The molecular formula is C35H44BrClN4O4S. The van der Waals surface area contributed by atoms with Crippen molar-refractivity contribution in [2.45, 2.75) is 45.8 Å². The first-order valence-electron chi connectivity index (χ1n) is 15.9. The van der Waals surface area contributed by atoms with E-state index in [2.05, 4.69) is 51.2 Å². The van der Waals surface area contributed by atoms with E-state index in [-0.39, 0.29) is 17.0 Å². The molecule has 1 amide bonds. The molecule has 2 aliphatic rings. The Labute approximate surface area is 290 Å². The maximum atomic E-state index is 14.4. The van der Waals surface area contributed by atoms with Gasteiger partial charge in [-0.15, -0.1) is 0 Å². The van der Waals surface area contributed by atoms with E-state index in [0.29, 0.717) is 49.1 Å². The van der Waals surface area contributed by atoms with Crippen molar-refractivity contribution in [1.29, 1.82) is 0 Å². The van der Waals surface area contributed by atoms with Crippen molar-refractivity contribution >= 4 is 50.8 Å².